The van der Waals surface area contributed by atoms with Gasteiger partial charge in [0.05, 0.1) is 14.4 Å². The SMILES string of the molecule is O=[PH]1CCC[C@H]1CO. The van der Waals surface area contributed by atoms with Crippen molar-refractivity contribution in [3.05, 3.63) is 0 Å². The molecule has 2 nitrogen and oxygen atoms in total. The van der Waals surface area contributed by atoms with Crippen molar-refractivity contribution >= 4 is 7.80 Å². The lowest BCUT2D eigenvalue weighted by molar-refractivity contribution is 0.290. The Labute approximate surface area is 49.7 Å². The van der Waals surface area contributed by atoms with E-state index in [4.69, 9.17) is 5.11 Å². The molecule has 1 aliphatic heterocycles. The maximum absolute atomic E-state index is 10.8. The fourth-order valence-corrected chi connectivity index (χ4v) is 2.77. The predicted octanol–water partition coefficient (Wildman–Crippen LogP) is 0.701. The molecule has 3 heteroatoms. The molecule has 8 heavy (non-hydrogen) atoms. The van der Waals surface area contributed by atoms with Crippen LogP contribution < -0.4 is 0 Å². The van der Waals surface area contributed by atoms with Crippen molar-refractivity contribution in [2.45, 2.75) is 18.5 Å². The lowest BCUT2D eigenvalue weighted by Gasteiger charge is -1.99. The third kappa shape index (κ3) is 1.12. The Balaban J connectivity index is 2.42. The van der Waals surface area contributed by atoms with Crippen molar-refractivity contribution in [2.75, 3.05) is 12.8 Å². The summed E-state index contributed by atoms with van der Waals surface area (Å²) >= 11 is 0. The molecule has 0 aromatic carbocycles. The van der Waals surface area contributed by atoms with Gasteiger partial charge in [0.15, 0.2) is 0 Å². The average molecular weight is 134 g/mol. The van der Waals surface area contributed by atoms with Gasteiger partial charge in [-0.05, 0) is 19.0 Å². The Morgan fingerprint density at radius 2 is 2.50 bits per heavy atom. The molecule has 1 heterocycles. The van der Waals surface area contributed by atoms with E-state index in [2.05, 4.69) is 0 Å². The van der Waals surface area contributed by atoms with Gasteiger partial charge in [-0.3, -0.25) is 0 Å². The lowest BCUT2D eigenvalue weighted by Crippen LogP contribution is -2.01. The van der Waals surface area contributed by atoms with Gasteiger partial charge >= 0.3 is 0 Å². The molecule has 0 aliphatic carbocycles. The normalized spacial score (nSPS) is 38.1. The van der Waals surface area contributed by atoms with Gasteiger partial charge in [-0.25, -0.2) is 0 Å². The van der Waals surface area contributed by atoms with Gasteiger partial charge in [0, 0.05) is 5.66 Å². The summed E-state index contributed by atoms with van der Waals surface area (Å²) in [5.74, 6) is 0. The van der Waals surface area contributed by atoms with Crippen molar-refractivity contribution in [3.8, 4) is 0 Å². The highest BCUT2D eigenvalue weighted by Crippen LogP contribution is 2.38. The first-order valence-electron chi connectivity index (χ1n) is 2.98. The average Bonchev–Trinajstić information content (AvgIpc) is 2.14. The molecule has 48 valence electrons. The molecular weight excluding hydrogens is 123 g/mol. The number of hydrogen-bond donors (Lipinski definition) is 1. The summed E-state index contributed by atoms with van der Waals surface area (Å²) in [7, 11) is -1.35. The molecule has 2 atom stereocenters. The van der Waals surface area contributed by atoms with E-state index < -0.39 is 7.80 Å². The third-order valence-corrected chi connectivity index (χ3v) is 3.88. The summed E-state index contributed by atoms with van der Waals surface area (Å²) in [6.07, 6.45) is 2.91. The van der Waals surface area contributed by atoms with E-state index in [1.54, 1.807) is 0 Å². The molecule has 0 radical (unpaired) electrons. The topological polar surface area (TPSA) is 37.3 Å². The summed E-state index contributed by atoms with van der Waals surface area (Å²) in [4.78, 5) is 0. The molecule has 1 rings (SSSR count). The van der Waals surface area contributed by atoms with Crippen LogP contribution in [-0.2, 0) is 4.57 Å². The second kappa shape index (κ2) is 2.65. The van der Waals surface area contributed by atoms with E-state index in [-0.39, 0.29) is 12.3 Å². The zero-order valence-electron chi connectivity index (χ0n) is 4.76. The highest BCUT2D eigenvalue weighted by atomic mass is 31.1. The molecule has 0 aromatic rings. The fraction of sp³-hybridized carbons (Fsp3) is 1.00. The van der Waals surface area contributed by atoms with Crippen LogP contribution in [0.25, 0.3) is 0 Å². The van der Waals surface area contributed by atoms with Gasteiger partial charge in [-0.15, -0.1) is 0 Å². The number of aliphatic hydroxyl groups is 1. The number of hydrogen-bond acceptors (Lipinski definition) is 2. The van der Waals surface area contributed by atoms with Crippen molar-refractivity contribution in [1.29, 1.82) is 0 Å². The smallest absolute Gasteiger partial charge is 0.0813 e. The van der Waals surface area contributed by atoms with Crippen LogP contribution in [-0.4, -0.2) is 23.5 Å². The lowest BCUT2D eigenvalue weighted by atomic mass is 10.3. The molecular formula is C5H11O2P. The van der Waals surface area contributed by atoms with Crippen molar-refractivity contribution in [3.63, 3.8) is 0 Å². The van der Waals surface area contributed by atoms with Crippen LogP contribution in [0.3, 0.4) is 0 Å². The van der Waals surface area contributed by atoms with Crippen LogP contribution in [0, 0.1) is 0 Å². The summed E-state index contributed by atoms with van der Waals surface area (Å²) in [6, 6.07) is 0. The molecule has 1 saturated heterocycles. The van der Waals surface area contributed by atoms with Crippen LogP contribution in [0.2, 0.25) is 0 Å². The van der Waals surface area contributed by atoms with Crippen molar-refractivity contribution < 1.29 is 9.67 Å². The van der Waals surface area contributed by atoms with Crippen LogP contribution in [0.15, 0.2) is 0 Å². The van der Waals surface area contributed by atoms with E-state index in [0.717, 1.165) is 19.0 Å². The van der Waals surface area contributed by atoms with Gasteiger partial charge in [-0.1, -0.05) is 0 Å². The van der Waals surface area contributed by atoms with E-state index >= 15 is 0 Å². The van der Waals surface area contributed by atoms with Gasteiger partial charge in [-0.2, -0.15) is 0 Å². The summed E-state index contributed by atoms with van der Waals surface area (Å²) < 4.78 is 10.8. The summed E-state index contributed by atoms with van der Waals surface area (Å²) in [6.45, 7) is 0.137. The minimum absolute atomic E-state index is 0.137. The highest BCUT2D eigenvalue weighted by molar-refractivity contribution is 7.45. The minimum Gasteiger partial charge on any atom is -0.396 e. The monoisotopic (exact) mass is 134 g/mol. The molecule has 0 aromatic heterocycles. The van der Waals surface area contributed by atoms with Gasteiger partial charge < -0.3 is 9.67 Å². The second-order valence-electron chi connectivity index (χ2n) is 2.24. The largest absolute Gasteiger partial charge is 0.396 e. The third-order valence-electron chi connectivity index (χ3n) is 1.65. The quantitative estimate of drug-likeness (QED) is 0.536. The summed E-state index contributed by atoms with van der Waals surface area (Å²) in [5.41, 5.74) is 0.167. The van der Waals surface area contributed by atoms with Crippen molar-refractivity contribution in [2.24, 2.45) is 0 Å². The molecule has 0 saturated carbocycles. The zero-order chi connectivity index (χ0) is 5.98. The zero-order valence-corrected chi connectivity index (χ0v) is 5.76. The maximum atomic E-state index is 10.8. The standard InChI is InChI=1S/C5H11O2P/c6-4-5-2-1-3-8(5)7/h5-6,8H,1-4H2/t5-/m0/s1. The van der Waals surface area contributed by atoms with E-state index in [1.165, 1.54) is 0 Å². The Kier molecular flexibility index (Phi) is 2.09. The number of aliphatic hydroxyl groups excluding tert-OH is 1. The first kappa shape index (κ1) is 6.31. The van der Waals surface area contributed by atoms with Gasteiger partial charge in [0.25, 0.3) is 0 Å². The molecule has 0 bridgehead atoms. The van der Waals surface area contributed by atoms with E-state index in [1.807, 2.05) is 0 Å². The van der Waals surface area contributed by atoms with Gasteiger partial charge in [0.1, 0.15) is 0 Å². The molecule has 1 aliphatic rings. The maximum Gasteiger partial charge on any atom is 0.0813 e. The van der Waals surface area contributed by atoms with Crippen LogP contribution in [0.5, 0.6) is 0 Å². The summed E-state index contributed by atoms with van der Waals surface area (Å²) in [5, 5.41) is 8.56. The fourth-order valence-electron chi connectivity index (χ4n) is 1.08. The molecule has 1 unspecified atom stereocenters. The van der Waals surface area contributed by atoms with Crippen molar-refractivity contribution in [1.82, 2.24) is 0 Å². The van der Waals surface area contributed by atoms with Crippen LogP contribution in [0.4, 0.5) is 0 Å². The van der Waals surface area contributed by atoms with Crippen LogP contribution in [0.1, 0.15) is 12.8 Å². The molecule has 0 amide bonds. The van der Waals surface area contributed by atoms with E-state index in [0.29, 0.717) is 0 Å². The van der Waals surface area contributed by atoms with Gasteiger partial charge in [0.2, 0.25) is 0 Å². The Hall–Kier alpha value is 0.190. The Morgan fingerprint density at radius 3 is 2.75 bits per heavy atom. The highest BCUT2D eigenvalue weighted by Gasteiger charge is 2.20. The second-order valence-corrected chi connectivity index (χ2v) is 4.49. The molecule has 1 N–H and O–H groups in total. The molecule has 1 fully saturated rings. The molecule has 0 spiro atoms. The minimum atomic E-state index is -1.35. The predicted molar refractivity (Wildman–Crippen MR) is 34.0 cm³/mol. The van der Waals surface area contributed by atoms with Crippen LogP contribution >= 0.6 is 7.80 Å². The first-order valence-corrected chi connectivity index (χ1v) is 4.67. The van der Waals surface area contributed by atoms with E-state index in [9.17, 15) is 4.57 Å². The number of rotatable bonds is 1. The first-order chi connectivity index (χ1) is 3.84. The Bertz CT molecular complexity index is 103. The Morgan fingerprint density at radius 1 is 1.75 bits per heavy atom.